The number of carbonyl (C=O) groups excluding carboxylic acids is 1. The van der Waals surface area contributed by atoms with Gasteiger partial charge in [-0.25, -0.2) is 4.79 Å². The fourth-order valence-corrected chi connectivity index (χ4v) is 8.41. The topological polar surface area (TPSA) is 97.8 Å². The first-order chi connectivity index (χ1) is 25.7. The number of aromatic carboxylic acids is 1. The summed E-state index contributed by atoms with van der Waals surface area (Å²) in [6.07, 6.45) is 3.23. The average molecular weight is 770 g/mol. The molecule has 3 aromatic heterocycles. The van der Waals surface area contributed by atoms with Gasteiger partial charge in [-0.1, -0.05) is 29.3 Å². The highest BCUT2D eigenvalue weighted by Gasteiger charge is 2.38. The van der Waals surface area contributed by atoms with E-state index in [1.165, 1.54) is 0 Å². The molecule has 1 unspecified atom stereocenters. The summed E-state index contributed by atoms with van der Waals surface area (Å²) in [5.41, 5.74) is 9.79. The predicted octanol–water partition coefficient (Wildman–Crippen LogP) is 9.03. The van der Waals surface area contributed by atoms with E-state index in [9.17, 15) is 9.90 Å². The van der Waals surface area contributed by atoms with Crippen LogP contribution < -0.4 is 9.64 Å². The van der Waals surface area contributed by atoms with Crippen LogP contribution in [0.3, 0.4) is 0 Å². The number of amides is 1. The fourth-order valence-electron chi connectivity index (χ4n) is 8.06. The Kier molecular flexibility index (Phi) is 10.1. The number of ether oxygens (including phenoxy) is 1. The number of hydrogen-bond donors (Lipinski definition) is 1. The lowest BCUT2D eigenvalue weighted by Crippen LogP contribution is -2.42. The summed E-state index contributed by atoms with van der Waals surface area (Å²) in [6, 6.07) is 12.9. The van der Waals surface area contributed by atoms with Crippen molar-refractivity contribution < 1.29 is 19.4 Å². The van der Waals surface area contributed by atoms with Gasteiger partial charge in [0.2, 0.25) is 0 Å². The molecule has 3 aromatic carbocycles. The number of aryl methyl sites for hydroxylation is 5. The fraction of sp³-hybridized carbons (Fsp3) is 0.357. The molecule has 0 saturated heterocycles. The Morgan fingerprint density at radius 2 is 1.74 bits per heavy atom. The van der Waals surface area contributed by atoms with E-state index in [0.717, 1.165) is 78.3 Å². The van der Waals surface area contributed by atoms with Crippen LogP contribution >= 0.6 is 23.2 Å². The van der Waals surface area contributed by atoms with Crippen LogP contribution in [0.4, 0.5) is 5.69 Å². The second-order valence-corrected chi connectivity index (χ2v) is 15.6. The molecule has 1 N–H and O–H groups in total. The smallest absolute Gasteiger partial charge is 0.335 e. The number of carboxylic acid groups (broad SMARTS) is 1. The quantitative estimate of drug-likeness (QED) is 0.132. The maximum Gasteiger partial charge on any atom is 0.335 e. The first-order valence-corrected chi connectivity index (χ1v) is 19.0. The maximum absolute atomic E-state index is 15.2. The van der Waals surface area contributed by atoms with Crippen LogP contribution in [0, 0.1) is 27.7 Å². The van der Waals surface area contributed by atoms with E-state index < -0.39 is 5.97 Å². The van der Waals surface area contributed by atoms with E-state index in [1.807, 2.05) is 94.9 Å². The van der Waals surface area contributed by atoms with Gasteiger partial charge < -0.3 is 28.8 Å². The molecule has 1 amide bonds. The predicted molar refractivity (Wildman–Crippen MR) is 217 cm³/mol. The number of fused-ring (bicyclic) bond motifs is 4. The lowest BCUT2D eigenvalue weighted by molar-refractivity contribution is 0.0696. The van der Waals surface area contributed by atoms with Crippen molar-refractivity contribution in [1.82, 2.24) is 23.8 Å². The second-order valence-electron chi connectivity index (χ2n) is 14.8. The van der Waals surface area contributed by atoms with Gasteiger partial charge in [0.1, 0.15) is 11.4 Å². The highest BCUT2D eigenvalue weighted by molar-refractivity contribution is 6.35. The van der Waals surface area contributed by atoms with Gasteiger partial charge in [-0.3, -0.25) is 9.48 Å². The van der Waals surface area contributed by atoms with E-state index in [2.05, 4.69) is 21.0 Å². The first-order valence-electron chi connectivity index (χ1n) is 18.3. The molecular formula is C42H46Cl2N6O4. The number of aromatic nitrogens is 4. The standard InChI is InChI=1S/C42H46Cl2N6O4/c1-23-18-29(19-24(2)38(23)44)54-17-9-10-30-31-12-13-33(43)37(36-26(4)45-47(8)27(36)5)39(31)50-25(3)21-49(41(51)40(30)50)35-22-48(16-15-46(6)7)34-14-11-28(42(52)53)20-32(34)35/h11-14,18-20,22,25H,9-10,15-17,21H2,1-8H3,(H,52,53). The van der Waals surface area contributed by atoms with Crippen LogP contribution in [0.2, 0.25) is 10.0 Å². The number of carboxylic acids is 1. The minimum Gasteiger partial charge on any atom is -0.494 e. The molecule has 1 aliphatic heterocycles. The Bertz CT molecular complexity index is 2450. The average Bonchev–Trinajstić information content (AvgIpc) is 3.74. The van der Waals surface area contributed by atoms with Crippen molar-refractivity contribution in [2.45, 2.75) is 60.0 Å². The van der Waals surface area contributed by atoms with Crippen molar-refractivity contribution in [3.8, 4) is 16.9 Å². The molecule has 0 fully saturated rings. The molecule has 0 saturated carbocycles. The molecule has 282 valence electrons. The van der Waals surface area contributed by atoms with E-state index in [-0.39, 0.29) is 17.5 Å². The van der Waals surface area contributed by atoms with E-state index in [1.54, 1.807) is 12.1 Å². The summed E-state index contributed by atoms with van der Waals surface area (Å²) < 4.78 is 12.4. The zero-order chi connectivity index (χ0) is 38.7. The zero-order valence-electron chi connectivity index (χ0n) is 32.0. The number of nitrogens with zero attached hydrogens (tertiary/aromatic N) is 6. The third-order valence-electron chi connectivity index (χ3n) is 10.7. The molecule has 0 bridgehead atoms. The molecule has 0 aliphatic carbocycles. The lowest BCUT2D eigenvalue weighted by atomic mass is 9.98. The van der Waals surface area contributed by atoms with Gasteiger partial charge in [0.15, 0.2) is 0 Å². The maximum atomic E-state index is 15.2. The number of benzene rings is 3. The Hall–Kier alpha value is -4.77. The number of halogens is 2. The summed E-state index contributed by atoms with van der Waals surface area (Å²) in [4.78, 5) is 31.3. The number of likely N-dealkylation sites (N-methyl/N-ethyl adjacent to an activating group) is 1. The van der Waals surface area contributed by atoms with Gasteiger partial charge >= 0.3 is 5.97 Å². The van der Waals surface area contributed by atoms with Crippen molar-refractivity contribution in [3.63, 3.8) is 0 Å². The lowest BCUT2D eigenvalue weighted by Gasteiger charge is -2.34. The summed E-state index contributed by atoms with van der Waals surface area (Å²) in [5.74, 6) is -0.392. The van der Waals surface area contributed by atoms with Crippen molar-refractivity contribution in [2.75, 3.05) is 38.7 Å². The van der Waals surface area contributed by atoms with Crippen LogP contribution in [0.1, 0.15) is 68.3 Å². The third kappa shape index (κ3) is 6.44. The minimum absolute atomic E-state index is 0.141. The van der Waals surface area contributed by atoms with Crippen molar-refractivity contribution >= 4 is 62.6 Å². The highest BCUT2D eigenvalue weighted by atomic mass is 35.5. The molecule has 1 aliphatic rings. The van der Waals surface area contributed by atoms with Gasteiger partial charge in [-0.2, -0.15) is 5.10 Å². The van der Waals surface area contributed by atoms with Gasteiger partial charge in [0, 0.05) is 71.5 Å². The zero-order valence-corrected chi connectivity index (χ0v) is 33.6. The van der Waals surface area contributed by atoms with Gasteiger partial charge in [0.25, 0.3) is 5.91 Å². The van der Waals surface area contributed by atoms with Gasteiger partial charge in [-0.15, -0.1) is 0 Å². The SMILES string of the molecule is Cc1cc(OCCCc2c3n(c4c(-c5c(C)nn(C)c5C)c(Cl)ccc24)C(C)CN(c2cn(CCN(C)C)c4ccc(C(=O)O)cc24)C3=O)cc(C)c1Cl. The van der Waals surface area contributed by atoms with Crippen molar-refractivity contribution in [1.29, 1.82) is 0 Å². The summed E-state index contributed by atoms with van der Waals surface area (Å²) in [7, 11) is 5.96. The largest absolute Gasteiger partial charge is 0.494 e. The molecule has 0 spiro atoms. The number of hydrogen-bond acceptors (Lipinski definition) is 5. The molecule has 12 heteroatoms. The second kappa shape index (κ2) is 14.5. The molecule has 6 aromatic rings. The van der Waals surface area contributed by atoms with E-state index in [4.69, 9.17) is 33.0 Å². The summed E-state index contributed by atoms with van der Waals surface area (Å²) >= 11 is 13.5. The molecule has 10 nitrogen and oxygen atoms in total. The van der Waals surface area contributed by atoms with Crippen LogP contribution in [-0.4, -0.2) is 74.6 Å². The van der Waals surface area contributed by atoms with Crippen molar-refractivity contribution in [3.05, 3.63) is 98.0 Å². The first kappa shape index (κ1) is 37.5. The molecule has 7 rings (SSSR count). The van der Waals surface area contributed by atoms with Gasteiger partial charge in [-0.05, 0) is 115 Å². The summed E-state index contributed by atoms with van der Waals surface area (Å²) in [5, 5.41) is 17.7. The minimum atomic E-state index is -1.01. The monoisotopic (exact) mass is 768 g/mol. The molecule has 0 radical (unpaired) electrons. The van der Waals surface area contributed by atoms with E-state index >= 15 is 4.79 Å². The molecule has 1 atom stereocenters. The number of rotatable bonds is 11. The third-order valence-corrected chi connectivity index (χ3v) is 11.7. The van der Waals surface area contributed by atoms with E-state index in [0.29, 0.717) is 48.9 Å². The Morgan fingerprint density at radius 3 is 2.39 bits per heavy atom. The van der Waals surface area contributed by atoms with Crippen LogP contribution in [-0.2, 0) is 20.0 Å². The van der Waals surface area contributed by atoms with Crippen LogP contribution in [0.15, 0.2) is 48.7 Å². The molecule has 4 heterocycles. The Labute approximate surface area is 325 Å². The van der Waals surface area contributed by atoms with Crippen molar-refractivity contribution in [2.24, 2.45) is 7.05 Å². The molecule has 54 heavy (non-hydrogen) atoms. The number of anilines is 1. The molecular weight excluding hydrogens is 723 g/mol. The highest BCUT2D eigenvalue weighted by Crippen LogP contribution is 2.46. The Morgan fingerprint density at radius 1 is 1.02 bits per heavy atom. The normalized spacial score (nSPS) is 14.5. The Balaban J connectivity index is 1.38. The van der Waals surface area contributed by atoms with Gasteiger partial charge in [0.05, 0.1) is 39.6 Å². The summed E-state index contributed by atoms with van der Waals surface area (Å²) in [6.45, 7) is 12.4. The van der Waals surface area contributed by atoms with Crippen LogP contribution in [0.5, 0.6) is 5.75 Å². The van der Waals surface area contributed by atoms with Crippen LogP contribution in [0.25, 0.3) is 32.9 Å². The number of carbonyl (C=O) groups is 2.